The summed E-state index contributed by atoms with van der Waals surface area (Å²) in [5.41, 5.74) is 0.174. The number of alkyl halides is 2. The fourth-order valence-corrected chi connectivity index (χ4v) is 3.74. The zero-order chi connectivity index (χ0) is 25.0. The zero-order valence-corrected chi connectivity index (χ0v) is 18.8. The van der Waals surface area contributed by atoms with Gasteiger partial charge in [0.1, 0.15) is 11.5 Å². The van der Waals surface area contributed by atoms with Gasteiger partial charge in [-0.25, -0.2) is 9.38 Å². The van der Waals surface area contributed by atoms with Crippen LogP contribution >= 0.6 is 11.6 Å². The first-order chi connectivity index (χ1) is 16.8. The molecule has 0 aliphatic rings. The Morgan fingerprint density at radius 3 is 2.54 bits per heavy atom. The average Bonchev–Trinajstić information content (AvgIpc) is 3.34. The number of aliphatic hydroxyl groups excluding tert-OH is 1. The van der Waals surface area contributed by atoms with Gasteiger partial charge in [-0.05, 0) is 54.6 Å². The number of hydrogen-bond donors (Lipinski definition) is 2. The monoisotopic (exact) mass is 498 g/mol. The van der Waals surface area contributed by atoms with Crippen molar-refractivity contribution >= 4 is 23.2 Å². The molecule has 2 heterocycles. The number of rotatable bonds is 7. The number of aliphatic hydroxyl groups is 1. The highest BCUT2D eigenvalue weighted by molar-refractivity contribution is 6.34. The van der Waals surface area contributed by atoms with Crippen LogP contribution in [-0.4, -0.2) is 38.5 Å². The summed E-state index contributed by atoms with van der Waals surface area (Å²) in [5.74, 6) is -5.05. The number of amides is 1. The molecule has 0 radical (unpaired) electrons. The number of nitrogens with zero attached hydrogens (tertiary/aromatic N) is 3. The van der Waals surface area contributed by atoms with Crippen molar-refractivity contribution in [2.45, 2.75) is 12.3 Å². The lowest BCUT2D eigenvalue weighted by atomic mass is 10.0. The average molecular weight is 499 g/mol. The van der Waals surface area contributed by atoms with E-state index in [4.69, 9.17) is 11.6 Å². The second-order valence-corrected chi connectivity index (χ2v) is 7.87. The molecule has 0 saturated heterocycles. The maximum atomic E-state index is 15.1. The normalized spacial score (nSPS) is 12.1. The Labute approximate surface area is 203 Å². The predicted molar refractivity (Wildman–Crippen MR) is 126 cm³/mol. The van der Waals surface area contributed by atoms with Crippen molar-refractivity contribution in [1.82, 2.24) is 15.2 Å². The number of aromatic amines is 1. The van der Waals surface area contributed by atoms with Gasteiger partial charge in [-0.1, -0.05) is 23.7 Å². The molecular formula is C25H18ClF3N4O2. The number of pyridine rings is 1. The van der Waals surface area contributed by atoms with Crippen LogP contribution in [0.5, 0.6) is 0 Å². The van der Waals surface area contributed by atoms with Gasteiger partial charge in [0.15, 0.2) is 0 Å². The van der Waals surface area contributed by atoms with Crippen LogP contribution in [0.15, 0.2) is 77.9 Å². The van der Waals surface area contributed by atoms with Gasteiger partial charge in [0, 0.05) is 30.4 Å². The van der Waals surface area contributed by atoms with Crippen LogP contribution in [0.2, 0.25) is 5.02 Å². The van der Waals surface area contributed by atoms with Crippen molar-refractivity contribution < 1.29 is 23.1 Å². The van der Waals surface area contributed by atoms with E-state index in [-0.39, 0.29) is 16.1 Å². The summed E-state index contributed by atoms with van der Waals surface area (Å²) in [7, 11) is 0. The summed E-state index contributed by atoms with van der Waals surface area (Å²) >= 11 is 6.37. The first kappa shape index (κ1) is 24.3. The summed E-state index contributed by atoms with van der Waals surface area (Å²) in [6.07, 6.45) is 0.664. The Kier molecular flexibility index (Phi) is 7.09. The van der Waals surface area contributed by atoms with Gasteiger partial charge in [-0.2, -0.15) is 13.9 Å². The first-order valence-electron chi connectivity index (χ1n) is 10.4. The maximum Gasteiger partial charge on any atom is 0.327 e. The summed E-state index contributed by atoms with van der Waals surface area (Å²) in [6.45, 7) is -0.640. The van der Waals surface area contributed by atoms with Crippen LogP contribution in [0, 0.1) is 5.82 Å². The highest BCUT2D eigenvalue weighted by Gasteiger charge is 2.40. The molecule has 4 aromatic rings. The minimum atomic E-state index is -3.68. The van der Waals surface area contributed by atoms with Gasteiger partial charge >= 0.3 is 5.92 Å². The van der Waals surface area contributed by atoms with Gasteiger partial charge in [0.05, 0.1) is 27.7 Å². The number of H-pyrrole nitrogens is 1. The summed E-state index contributed by atoms with van der Waals surface area (Å²) in [6, 6.07) is 15.7. The van der Waals surface area contributed by atoms with Crippen molar-refractivity contribution in [3.8, 4) is 22.5 Å². The van der Waals surface area contributed by atoms with Crippen LogP contribution < -0.4 is 0 Å². The molecule has 2 aromatic heterocycles. The van der Waals surface area contributed by atoms with E-state index in [0.29, 0.717) is 17.0 Å². The second kappa shape index (κ2) is 10.2. The van der Waals surface area contributed by atoms with E-state index in [1.54, 1.807) is 18.2 Å². The standard InChI is InChI=1S/C25H18ClF3N4O2/c26-18-5-3-4-17(23(18)20-14-19(32-33-20)15-7-9-16(27)10-8-15)24(35)31-22(11-13-34)25(28,29)21-6-1-2-12-30-21/h1-10,12,14,34H,11,13H2,(H,32,33). The largest absolute Gasteiger partial charge is 0.396 e. The van der Waals surface area contributed by atoms with Crippen molar-refractivity contribution in [3.63, 3.8) is 0 Å². The van der Waals surface area contributed by atoms with E-state index in [0.717, 1.165) is 6.07 Å². The number of hydrogen-bond acceptors (Lipinski definition) is 4. The molecule has 2 aromatic carbocycles. The van der Waals surface area contributed by atoms with E-state index in [2.05, 4.69) is 20.2 Å². The quantitative estimate of drug-likeness (QED) is 0.320. The molecule has 0 aliphatic heterocycles. The molecule has 35 heavy (non-hydrogen) atoms. The molecule has 0 unspecified atom stereocenters. The van der Waals surface area contributed by atoms with Crippen LogP contribution in [0.25, 0.3) is 22.5 Å². The third kappa shape index (κ3) is 5.16. The first-order valence-corrected chi connectivity index (χ1v) is 10.8. The maximum absolute atomic E-state index is 15.1. The number of benzene rings is 2. The molecule has 0 saturated carbocycles. The Balaban J connectivity index is 1.74. The molecule has 0 aliphatic carbocycles. The smallest absolute Gasteiger partial charge is 0.327 e. The molecule has 10 heteroatoms. The fraction of sp³-hybridized carbons (Fsp3) is 0.120. The molecule has 0 spiro atoms. The molecule has 0 fully saturated rings. The molecule has 178 valence electrons. The highest BCUT2D eigenvalue weighted by Crippen LogP contribution is 2.34. The van der Waals surface area contributed by atoms with E-state index in [1.807, 2.05) is 0 Å². The SMILES string of the molecule is O=C(N=C(CCO)C(F)(F)c1ccccn1)c1cccc(Cl)c1-c1cc(-c2ccc(F)cc2)n[nH]1. The van der Waals surface area contributed by atoms with Crippen LogP contribution in [0.3, 0.4) is 0 Å². The molecule has 4 rings (SSSR count). The lowest BCUT2D eigenvalue weighted by molar-refractivity contribution is 0.0656. The van der Waals surface area contributed by atoms with E-state index < -0.39 is 42.1 Å². The summed E-state index contributed by atoms with van der Waals surface area (Å²) in [5, 5.41) is 16.5. The second-order valence-electron chi connectivity index (χ2n) is 7.46. The number of halogens is 4. The number of aliphatic imine (C=N–C) groups is 1. The topological polar surface area (TPSA) is 91.2 Å². The molecule has 0 atom stereocenters. The molecular weight excluding hydrogens is 481 g/mol. The van der Waals surface area contributed by atoms with Crippen LogP contribution in [-0.2, 0) is 5.92 Å². The van der Waals surface area contributed by atoms with E-state index in [9.17, 15) is 14.3 Å². The van der Waals surface area contributed by atoms with Gasteiger partial charge in [0.25, 0.3) is 5.91 Å². The van der Waals surface area contributed by atoms with Gasteiger partial charge in [-0.3, -0.25) is 14.9 Å². The predicted octanol–water partition coefficient (Wildman–Crippen LogP) is 5.69. The number of nitrogens with one attached hydrogen (secondary N) is 1. The van der Waals surface area contributed by atoms with Crippen molar-refractivity contribution in [2.24, 2.45) is 4.99 Å². The Morgan fingerprint density at radius 1 is 1.09 bits per heavy atom. The third-order valence-corrected chi connectivity index (χ3v) is 5.48. The van der Waals surface area contributed by atoms with Crippen LogP contribution in [0.4, 0.5) is 13.2 Å². The molecule has 2 N–H and O–H groups in total. The van der Waals surface area contributed by atoms with Gasteiger partial charge in [0.2, 0.25) is 0 Å². The number of carbonyl (C=O) groups is 1. The van der Waals surface area contributed by atoms with Crippen LogP contribution in [0.1, 0.15) is 22.5 Å². The third-order valence-electron chi connectivity index (χ3n) is 5.17. The van der Waals surface area contributed by atoms with Gasteiger partial charge in [-0.15, -0.1) is 0 Å². The highest BCUT2D eigenvalue weighted by atomic mass is 35.5. The van der Waals surface area contributed by atoms with E-state index >= 15 is 8.78 Å². The lowest BCUT2D eigenvalue weighted by Crippen LogP contribution is -2.29. The molecule has 1 amide bonds. The zero-order valence-electron chi connectivity index (χ0n) is 18.1. The number of aromatic nitrogens is 3. The lowest BCUT2D eigenvalue weighted by Gasteiger charge is -2.18. The number of carbonyl (C=O) groups excluding carboxylic acids is 1. The summed E-state index contributed by atoms with van der Waals surface area (Å²) in [4.78, 5) is 20.5. The van der Waals surface area contributed by atoms with Crippen molar-refractivity contribution in [3.05, 3.63) is 95.0 Å². The van der Waals surface area contributed by atoms with Crippen molar-refractivity contribution in [1.29, 1.82) is 0 Å². The van der Waals surface area contributed by atoms with E-state index in [1.165, 1.54) is 48.7 Å². The molecule has 6 nitrogen and oxygen atoms in total. The Morgan fingerprint density at radius 2 is 1.86 bits per heavy atom. The minimum Gasteiger partial charge on any atom is -0.396 e. The summed E-state index contributed by atoms with van der Waals surface area (Å²) < 4.78 is 43.4. The minimum absolute atomic E-state index is 0.0425. The Bertz CT molecular complexity index is 1370. The fourth-order valence-electron chi connectivity index (χ4n) is 3.46. The van der Waals surface area contributed by atoms with Crippen molar-refractivity contribution in [2.75, 3.05) is 6.61 Å². The van der Waals surface area contributed by atoms with Gasteiger partial charge < -0.3 is 5.11 Å². The Hall–Kier alpha value is -3.82. The molecule has 0 bridgehead atoms.